The molecule has 0 saturated carbocycles. The van der Waals surface area contributed by atoms with Crippen LogP contribution in [0.5, 0.6) is 0 Å². The average molecular weight is 361 g/mol. The number of aryl methyl sites for hydroxylation is 1. The minimum atomic E-state index is -0.00431. The molecule has 1 amide bonds. The number of amides is 1. The molecule has 116 valence electrons. The van der Waals surface area contributed by atoms with Crippen molar-refractivity contribution >= 4 is 27.5 Å². The van der Waals surface area contributed by atoms with Gasteiger partial charge in [-0.15, -0.1) is 0 Å². The Bertz CT molecular complexity index is 608. The van der Waals surface area contributed by atoms with Crippen LogP contribution in [0.1, 0.15) is 30.5 Å². The smallest absolute Gasteiger partial charge is 0.239 e. The Kier molecular flexibility index (Phi) is 6.01. The number of anilines is 1. The lowest BCUT2D eigenvalue weighted by molar-refractivity contribution is -0.120. The lowest BCUT2D eigenvalue weighted by Crippen LogP contribution is -2.33. The third-order valence-electron chi connectivity index (χ3n) is 3.52. The highest BCUT2D eigenvalue weighted by atomic mass is 79.9. The van der Waals surface area contributed by atoms with Crippen molar-refractivity contribution in [2.24, 2.45) is 0 Å². The molecule has 2 aromatic carbocycles. The maximum atomic E-state index is 12.1. The maximum absolute atomic E-state index is 12.1. The summed E-state index contributed by atoms with van der Waals surface area (Å²) in [4.78, 5) is 12.1. The van der Waals surface area contributed by atoms with Crippen molar-refractivity contribution in [1.82, 2.24) is 5.32 Å². The van der Waals surface area contributed by atoms with Crippen molar-refractivity contribution in [3.8, 4) is 0 Å². The Labute approximate surface area is 140 Å². The van der Waals surface area contributed by atoms with Crippen LogP contribution in [0.3, 0.4) is 0 Å². The molecule has 0 unspecified atom stereocenters. The summed E-state index contributed by atoms with van der Waals surface area (Å²) in [7, 11) is 0. The van der Waals surface area contributed by atoms with Gasteiger partial charge in [0.15, 0.2) is 0 Å². The number of carbonyl (C=O) groups excluding carboxylic acids is 1. The van der Waals surface area contributed by atoms with Crippen LogP contribution >= 0.6 is 15.9 Å². The van der Waals surface area contributed by atoms with Crippen molar-refractivity contribution in [1.29, 1.82) is 0 Å². The highest BCUT2D eigenvalue weighted by Crippen LogP contribution is 2.17. The van der Waals surface area contributed by atoms with Crippen LogP contribution in [-0.4, -0.2) is 12.5 Å². The number of nitrogens with one attached hydrogen (secondary N) is 2. The summed E-state index contributed by atoms with van der Waals surface area (Å²) in [5.74, 6) is -0.00431. The van der Waals surface area contributed by atoms with Gasteiger partial charge in [0.2, 0.25) is 5.91 Å². The molecule has 2 aromatic rings. The van der Waals surface area contributed by atoms with Gasteiger partial charge in [-0.1, -0.05) is 52.7 Å². The first-order valence-corrected chi connectivity index (χ1v) is 8.23. The lowest BCUT2D eigenvalue weighted by Gasteiger charge is -2.18. The van der Waals surface area contributed by atoms with Crippen LogP contribution in [0, 0.1) is 6.92 Å². The molecule has 0 aromatic heterocycles. The molecule has 22 heavy (non-hydrogen) atoms. The van der Waals surface area contributed by atoms with Gasteiger partial charge < -0.3 is 10.6 Å². The van der Waals surface area contributed by atoms with Gasteiger partial charge in [-0.25, -0.2) is 0 Å². The van der Waals surface area contributed by atoms with E-state index >= 15 is 0 Å². The summed E-state index contributed by atoms with van der Waals surface area (Å²) < 4.78 is 1.02. The summed E-state index contributed by atoms with van der Waals surface area (Å²) in [5, 5.41) is 6.20. The second-order valence-electron chi connectivity index (χ2n) is 5.30. The number of hydrogen-bond donors (Lipinski definition) is 2. The number of hydrogen-bond acceptors (Lipinski definition) is 2. The van der Waals surface area contributed by atoms with Gasteiger partial charge in [0.25, 0.3) is 0 Å². The van der Waals surface area contributed by atoms with Crippen molar-refractivity contribution in [2.75, 3.05) is 11.9 Å². The molecule has 0 bridgehead atoms. The largest absolute Gasteiger partial charge is 0.376 e. The van der Waals surface area contributed by atoms with Gasteiger partial charge in [0, 0.05) is 10.2 Å². The van der Waals surface area contributed by atoms with Gasteiger partial charge in [-0.05, 0) is 43.2 Å². The predicted octanol–water partition coefficient (Wildman–Crippen LogP) is 4.44. The second kappa shape index (κ2) is 7.99. The van der Waals surface area contributed by atoms with Crippen LogP contribution < -0.4 is 10.6 Å². The second-order valence-corrected chi connectivity index (χ2v) is 6.22. The molecule has 0 aliphatic rings. The standard InChI is InChI=1S/C18H21BrN2O/c1-3-17(14-6-4-13(2)5-7-14)21-18(22)12-20-16-10-8-15(19)9-11-16/h4-11,17,20H,3,12H2,1-2H3,(H,21,22)/t17-/m1/s1. The van der Waals surface area contributed by atoms with Gasteiger partial charge in [0.05, 0.1) is 12.6 Å². The van der Waals surface area contributed by atoms with E-state index in [2.05, 4.69) is 64.7 Å². The minimum absolute atomic E-state index is 0.00431. The monoisotopic (exact) mass is 360 g/mol. The fraction of sp³-hybridized carbons (Fsp3) is 0.278. The van der Waals surface area contributed by atoms with Crippen LogP contribution in [-0.2, 0) is 4.79 Å². The minimum Gasteiger partial charge on any atom is -0.376 e. The normalized spacial score (nSPS) is 11.8. The predicted molar refractivity (Wildman–Crippen MR) is 95.0 cm³/mol. The Balaban J connectivity index is 1.89. The van der Waals surface area contributed by atoms with Crippen LogP contribution in [0.15, 0.2) is 53.0 Å². The van der Waals surface area contributed by atoms with E-state index in [4.69, 9.17) is 0 Å². The van der Waals surface area contributed by atoms with Gasteiger partial charge >= 0.3 is 0 Å². The summed E-state index contributed by atoms with van der Waals surface area (Å²) >= 11 is 3.39. The molecule has 2 N–H and O–H groups in total. The Morgan fingerprint density at radius 1 is 1.09 bits per heavy atom. The zero-order valence-electron chi connectivity index (χ0n) is 12.9. The van der Waals surface area contributed by atoms with Crippen LogP contribution in [0.4, 0.5) is 5.69 Å². The molecule has 0 aliphatic carbocycles. The summed E-state index contributed by atoms with van der Waals surface area (Å²) in [6.07, 6.45) is 0.868. The van der Waals surface area contributed by atoms with E-state index in [1.165, 1.54) is 5.56 Å². The highest BCUT2D eigenvalue weighted by Gasteiger charge is 2.12. The fourth-order valence-electron chi connectivity index (χ4n) is 2.22. The van der Waals surface area contributed by atoms with E-state index < -0.39 is 0 Å². The Morgan fingerprint density at radius 3 is 2.32 bits per heavy atom. The molecule has 0 aliphatic heterocycles. The zero-order valence-corrected chi connectivity index (χ0v) is 14.5. The lowest BCUT2D eigenvalue weighted by atomic mass is 10.0. The molecule has 1 atom stereocenters. The van der Waals surface area contributed by atoms with Crippen molar-refractivity contribution < 1.29 is 4.79 Å². The van der Waals surface area contributed by atoms with Crippen LogP contribution in [0.2, 0.25) is 0 Å². The molecular weight excluding hydrogens is 340 g/mol. The number of benzene rings is 2. The van der Waals surface area contributed by atoms with E-state index in [-0.39, 0.29) is 18.5 Å². The van der Waals surface area contributed by atoms with E-state index in [0.29, 0.717) is 0 Å². The van der Waals surface area contributed by atoms with Gasteiger partial charge in [0.1, 0.15) is 0 Å². The van der Waals surface area contributed by atoms with Crippen molar-refractivity contribution in [2.45, 2.75) is 26.3 Å². The van der Waals surface area contributed by atoms with E-state index in [0.717, 1.165) is 22.1 Å². The van der Waals surface area contributed by atoms with Crippen LogP contribution in [0.25, 0.3) is 0 Å². The van der Waals surface area contributed by atoms with E-state index in [1.807, 2.05) is 24.3 Å². The molecule has 0 fully saturated rings. The van der Waals surface area contributed by atoms with Crippen molar-refractivity contribution in [3.63, 3.8) is 0 Å². The molecular formula is C18H21BrN2O. The van der Waals surface area contributed by atoms with E-state index in [9.17, 15) is 4.79 Å². The maximum Gasteiger partial charge on any atom is 0.239 e. The highest BCUT2D eigenvalue weighted by molar-refractivity contribution is 9.10. The van der Waals surface area contributed by atoms with Gasteiger partial charge in [-0.2, -0.15) is 0 Å². The third kappa shape index (κ3) is 4.88. The molecule has 4 heteroatoms. The summed E-state index contributed by atoms with van der Waals surface area (Å²) in [5.41, 5.74) is 3.30. The molecule has 0 spiro atoms. The third-order valence-corrected chi connectivity index (χ3v) is 4.05. The first-order chi connectivity index (χ1) is 10.6. The number of halogens is 1. The molecule has 3 nitrogen and oxygen atoms in total. The summed E-state index contributed by atoms with van der Waals surface area (Å²) in [6, 6.07) is 16.1. The average Bonchev–Trinajstić information content (AvgIpc) is 2.53. The molecule has 0 saturated heterocycles. The summed E-state index contributed by atoms with van der Waals surface area (Å²) in [6.45, 7) is 4.41. The first-order valence-electron chi connectivity index (χ1n) is 7.44. The topological polar surface area (TPSA) is 41.1 Å². The molecule has 0 radical (unpaired) electrons. The Morgan fingerprint density at radius 2 is 1.73 bits per heavy atom. The fourth-order valence-corrected chi connectivity index (χ4v) is 2.48. The SMILES string of the molecule is CC[C@@H](NC(=O)CNc1ccc(Br)cc1)c1ccc(C)cc1. The zero-order chi connectivity index (χ0) is 15.9. The quantitative estimate of drug-likeness (QED) is 0.799. The first kappa shape index (κ1) is 16.6. The number of carbonyl (C=O) groups is 1. The molecule has 0 heterocycles. The Hall–Kier alpha value is -1.81. The van der Waals surface area contributed by atoms with E-state index in [1.54, 1.807) is 0 Å². The van der Waals surface area contributed by atoms with Gasteiger partial charge in [-0.3, -0.25) is 4.79 Å². The number of rotatable bonds is 6. The van der Waals surface area contributed by atoms with Crippen molar-refractivity contribution in [3.05, 3.63) is 64.1 Å². The molecule has 2 rings (SSSR count).